The van der Waals surface area contributed by atoms with Crippen molar-refractivity contribution in [2.24, 2.45) is 33.2 Å². The van der Waals surface area contributed by atoms with E-state index >= 15 is 0 Å². The van der Waals surface area contributed by atoms with Gasteiger partial charge >= 0.3 is 23.9 Å². The third-order valence-corrected chi connectivity index (χ3v) is 8.65. The minimum absolute atomic E-state index is 0.0861. The van der Waals surface area contributed by atoms with Gasteiger partial charge < -0.3 is 62.3 Å². The van der Waals surface area contributed by atoms with Gasteiger partial charge in [-0.1, -0.05) is 10.2 Å². The standard InChI is InChI=1S/2C13H19NO4.2C11H18N4O4/c2*1-2-3-4-6-11(15)7-5-9-18-10-8-12(14)13(16)17;2*12-10(11(17)18)5-8-19-7-2-4-9(16)3-1-6-14-15-13/h2*1,8,10,12H,3-7,9,14H2,(H,16,17);2*5,8,10H,1-4,6-7,12H2,(H,17,18)/b2*10-8+;2*8-5+/t12-;;10-;/m0.0./s1. The van der Waals surface area contributed by atoms with Gasteiger partial charge in [-0.2, -0.15) is 0 Å². The molecular weight excluding hydrogens is 973 g/mol. The van der Waals surface area contributed by atoms with Gasteiger partial charge in [0.2, 0.25) is 0 Å². The normalized spacial score (nSPS) is 11.9. The van der Waals surface area contributed by atoms with Crippen LogP contribution < -0.4 is 22.9 Å². The van der Waals surface area contributed by atoms with Gasteiger partial charge in [-0.15, -0.1) is 24.7 Å². The van der Waals surface area contributed by atoms with Crippen LogP contribution in [0.5, 0.6) is 0 Å². The molecular formula is C48H74N10O16. The molecule has 12 N–H and O–H groups in total. The van der Waals surface area contributed by atoms with Crippen molar-refractivity contribution in [2.75, 3.05) is 39.5 Å². The summed E-state index contributed by atoms with van der Waals surface area (Å²) < 4.78 is 20.1. The maximum Gasteiger partial charge on any atom is 0.324 e. The smallest absolute Gasteiger partial charge is 0.324 e. The van der Waals surface area contributed by atoms with Crippen LogP contribution in [0.15, 0.2) is 59.6 Å². The molecule has 0 aliphatic carbocycles. The number of carbonyl (C=O) groups excluding carboxylic acids is 4. The number of ketones is 4. The molecule has 2 unspecified atom stereocenters. The molecule has 4 atom stereocenters. The first kappa shape index (κ1) is 72.8. The van der Waals surface area contributed by atoms with Gasteiger partial charge in [0.25, 0.3) is 0 Å². The van der Waals surface area contributed by atoms with E-state index in [1.807, 2.05) is 0 Å². The van der Waals surface area contributed by atoms with Crippen LogP contribution in [-0.4, -0.2) is 131 Å². The number of terminal acetylenes is 2. The van der Waals surface area contributed by atoms with E-state index < -0.39 is 48.0 Å². The van der Waals surface area contributed by atoms with Crippen molar-refractivity contribution in [3.63, 3.8) is 0 Å². The lowest BCUT2D eigenvalue weighted by molar-refractivity contribution is -0.138. The Kier molecular flexibility index (Phi) is 53.8. The lowest BCUT2D eigenvalue weighted by atomic mass is 10.1. The monoisotopic (exact) mass is 1050 g/mol. The van der Waals surface area contributed by atoms with Gasteiger partial charge in [-0.05, 0) is 86.7 Å². The molecule has 74 heavy (non-hydrogen) atoms. The van der Waals surface area contributed by atoms with Crippen molar-refractivity contribution in [3.05, 3.63) is 70.2 Å². The van der Waals surface area contributed by atoms with Crippen LogP contribution in [-0.2, 0) is 57.3 Å². The number of hydrogen-bond acceptors (Lipinski definition) is 18. The maximum atomic E-state index is 11.3. The summed E-state index contributed by atoms with van der Waals surface area (Å²) in [6.45, 7) is 2.03. The highest BCUT2D eigenvalue weighted by Gasteiger charge is 2.09. The molecule has 412 valence electrons. The first-order valence-electron chi connectivity index (χ1n) is 23.3. The first-order chi connectivity index (χ1) is 35.3. The third-order valence-electron chi connectivity index (χ3n) is 8.65. The number of carboxylic acid groups (broad SMARTS) is 4. The highest BCUT2D eigenvalue weighted by atomic mass is 16.5. The van der Waals surface area contributed by atoms with Crippen molar-refractivity contribution < 1.29 is 77.7 Å². The summed E-state index contributed by atoms with van der Waals surface area (Å²) in [6, 6.07) is -4.28. The molecule has 0 fully saturated rings. The summed E-state index contributed by atoms with van der Waals surface area (Å²) >= 11 is 0. The second-order valence-electron chi connectivity index (χ2n) is 15.1. The number of nitrogens with two attached hydrogens (primary N) is 4. The van der Waals surface area contributed by atoms with Crippen LogP contribution in [0, 0.1) is 24.7 Å². The Bertz CT molecular complexity index is 1800. The Morgan fingerprint density at radius 1 is 0.432 bits per heavy atom. The molecule has 0 radical (unpaired) electrons. The summed E-state index contributed by atoms with van der Waals surface area (Å²) in [5, 5.41) is 40.5. The highest BCUT2D eigenvalue weighted by Crippen LogP contribution is 2.04. The topological polar surface area (TPSA) is 456 Å². The zero-order valence-electron chi connectivity index (χ0n) is 41.7. The minimum Gasteiger partial charge on any atom is -0.501 e. The van der Waals surface area contributed by atoms with Crippen molar-refractivity contribution in [1.82, 2.24) is 0 Å². The molecule has 0 aromatic carbocycles. The van der Waals surface area contributed by atoms with Gasteiger partial charge in [0.15, 0.2) is 0 Å². The molecule has 0 aliphatic rings. The number of carboxylic acids is 4. The van der Waals surface area contributed by atoms with Crippen molar-refractivity contribution in [3.8, 4) is 24.7 Å². The van der Waals surface area contributed by atoms with Gasteiger partial charge in [-0.25, -0.2) is 0 Å². The van der Waals surface area contributed by atoms with E-state index in [0.717, 1.165) is 12.8 Å². The fraction of sp³-hybridized carbons (Fsp3) is 0.583. The number of azide groups is 2. The van der Waals surface area contributed by atoms with E-state index in [4.69, 9.17) is 86.2 Å². The molecule has 0 bridgehead atoms. The number of aliphatic carboxylic acids is 4. The highest BCUT2D eigenvalue weighted by molar-refractivity contribution is 5.80. The Balaban J connectivity index is -0.000000442. The number of Topliss-reactive ketones (excluding diaryl/α,β-unsaturated/α-hetero) is 4. The van der Waals surface area contributed by atoms with Crippen molar-refractivity contribution >= 4 is 47.0 Å². The summed E-state index contributed by atoms with van der Waals surface area (Å²) in [5.74, 6) is 0.983. The molecule has 0 aromatic heterocycles. The van der Waals surface area contributed by atoms with Crippen molar-refractivity contribution in [1.29, 1.82) is 0 Å². The zero-order valence-corrected chi connectivity index (χ0v) is 41.7. The molecule has 0 rings (SSSR count). The molecule has 26 nitrogen and oxygen atoms in total. The molecule has 0 aromatic rings. The summed E-state index contributed by atoms with van der Waals surface area (Å²) in [4.78, 5) is 91.8. The number of ether oxygens (including phenoxy) is 4. The first-order valence-corrected chi connectivity index (χ1v) is 23.3. The van der Waals surface area contributed by atoms with E-state index in [2.05, 4.69) is 31.9 Å². The fourth-order valence-electron chi connectivity index (χ4n) is 4.63. The summed E-state index contributed by atoms with van der Waals surface area (Å²) in [5.41, 5.74) is 36.9. The molecule has 0 saturated heterocycles. The number of hydrogen-bond donors (Lipinski definition) is 8. The van der Waals surface area contributed by atoms with E-state index in [1.165, 1.54) is 49.4 Å². The predicted molar refractivity (Wildman–Crippen MR) is 272 cm³/mol. The SMILES string of the molecule is C#CCCCC(=O)CCCO/C=C/C(N)C(=O)O.C#CCCCC(=O)CCCO/C=C/[C@H](N)C(=O)O.[N-]=[N+]=NCCCC(=O)CCCO/C=C/C(N)C(=O)O.[N-]=[N+]=NCCCC(=O)CCCO/C=C/[C@H](N)C(=O)O. The van der Waals surface area contributed by atoms with Crippen LogP contribution in [0.3, 0.4) is 0 Å². The molecule has 0 spiro atoms. The molecule has 0 aliphatic heterocycles. The Morgan fingerprint density at radius 3 is 0.851 bits per heavy atom. The van der Waals surface area contributed by atoms with Crippen LogP contribution in [0.2, 0.25) is 0 Å². The fourth-order valence-corrected chi connectivity index (χ4v) is 4.63. The van der Waals surface area contributed by atoms with Gasteiger partial charge in [0.05, 0.1) is 51.5 Å². The minimum atomic E-state index is -1.13. The zero-order chi connectivity index (χ0) is 56.6. The third kappa shape index (κ3) is 58.6. The Hall–Kier alpha value is -7.70. The average Bonchev–Trinajstić information content (AvgIpc) is 3.36. The second kappa shape index (κ2) is 54.6. The molecule has 0 saturated carbocycles. The van der Waals surface area contributed by atoms with E-state index in [-0.39, 0.29) is 23.1 Å². The van der Waals surface area contributed by atoms with Crippen LogP contribution in [0.25, 0.3) is 20.9 Å². The van der Waals surface area contributed by atoms with Crippen LogP contribution in [0.4, 0.5) is 0 Å². The number of unbranched alkanes of at least 4 members (excludes halogenated alkanes) is 2. The molecule has 0 amide bonds. The average molecular weight is 1050 g/mol. The lowest BCUT2D eigenvalue weighted by Gasteiger charge is -2.02. The van der Waals surface area contributed by atoms with Crippen molar-refractivity contribution in [2.45, 2.75) is 140 Å². The quantitative estimate of drug-likeness (QED) is 0.0101. The van der Waals surface area contributed by atoms with Crippen LogP contribution >= 0.6 is 0 Å². The van der Waals surface area contributed by atoms with E-state index in [9.17, 15) is 38.4 Å². The number of nitrogens with zero attached hydrogens (tertiary/aromatic N) is 6. The Morgan fingerprint density at radius 2 is 0.649 bits per heavy atom. The lowest BCUT2D eigenvalue weighted by Crippen LogP contribution is -2.27. The van der Waals surface area contributed by atoms with Crippen LogP contribution in [0.1, 0.15) is 116 Å². The van der Waals surface area contributed by atoms with E-state index in [1.54, 1.807) is 0 Å². The van der Waals surface area contributed by atoms with Gasteiger partial charge in [-0.3, -0.25) is 38.4 Å². The maximum absolute atomic E-state index is 11.3. The second-order valence-corrected chi connectivity index (χ2v) is 15.1. The molecule has 0 heterocycles. The number of carbonyl (C=O) groups is 8. The largest absolute Gasteiger partial charge is 0.501 e. The van der Waals surface area contributed by atoms with Gasteiger partial charge in [0.1, 0.15) is 47.3 Å². The summed E-state index contributed by atoms with van der Waals surface area (Å²) in [7, 11) is 0. The predicted octanol–water partition coefficient (Wildman–Crippen LogP) is 4.90. The number of rotatable bonds is 42. The van der Waals surface area contributed by atoms with Gasteiger partial charge in [0, 0.05) is 87.1 Å². The molecule has 26 heteroatoms. The summed E-state index contributed by atoms with van der Waals surface area (Å²) in [6.07, 6.45) is 29.6. The Labute approximate surface area is 431 Å². The van der Waals surface area contributed by atoms with E-state index in [0.29, 0.717) is 142 Å².